The molecule has 0 N–H and O–H groups in total. The van der Waals surface area contributed by atoms with Gasteiger partial charge in [0.2, 0.25) is 0 Å². The van der Waals surface area contributed by atoms with Gasteiger partial charge in [0.1, 0.15) is 0 Å². The molecule has 1 aromatic heterocycles. The molecule has 0 amide bonds. The number of nitro groups is 1. The molecule has 0 spiro atoms. The number of pyridine rings is 1. The SMILES string of the molecule is O=[N+]([O-])c1cc(Br)cc(CBr)n1. The largest absolute Gasteiger partial charge is 0.364 e. The predicted molar refractivity (Wildman–Crippen MR) is 51.2 cm³/mol. The highest BCUT2D eigenvalue weighted by atomic mass is 79.9. The van der Waals surface area contributed by atoms with Crippen molar-refractivity contribution < 1.29 is 4.92 Å². The molecule has 0 unspecified atom stereocenters. The van der Waals surface area contributed by atoms with E-state index in [1.54, 1.807) is 6.07 Å². The molecule has 0 atom stereocenters. The molecule has 4 nitrogen and oxygen atoms in total. The summed E-state index contributed by atoms with van der Waals surface area (Å²) < 4.78 is 0.665. The summed E-state index contributed by atoms with van der Waals surface area (Å²) in [5, 5.41) is 10.8. The van der Waals surface area contributed by atoms with Crippen LogP contribution < -0.4 is 0 Å². The molecule has 0 aliphatic rings. The van der Waals surface area contributed by atoms with Crippen molar-refractivity contribution in [1.82, 2.24) is 4.98 Å². The van der Waals surface area contributed by atoms with Crippen LogP contribution in [0.25, 0.3) is 0 Å². The number of alkyl halides is 1. The molecule has 1 rings (SSSR count). The summed E-state index contributed by atoms with van der Waals surface area (Å²) in [7, 11) is 0. The van der Waals surface area contributed by atoms with Crippen LogP contribution in [0.2, 0.25) is 0 Å². The van der Waals surface area contributed by atoms with Crippen molar-refractivity contribution in [2.24, 2.45) is 0 Å². The van der Waals surface area contributed by atoms with Crippen LogP contribution in [-0.4, -0.2) is 9.91 Å². The van der Waals surface area contributed by atoms with Gasteiger partial charge in [-0.3, -0.25) is 0 Å². The van der Waals surface area contributed by atoms with E-state index in [1.165, 1.54) is 6.07 Å². The lowest BCUT2D eigenvalue weighted by Gasteiger charge is -1.94. The van der Waals surface area contributed by atoms with Crippen molar-refractivity contribution in [2.75, 3.05) is 0 Å². The number of aromatic nitrogens is 1. The lowest BCUT2D eigenvalue weighted by Crippen LogP contribution is -1.94. The summed E-state index contributed by atoms with van der Waals surface area (Å²) in [6.45, 7) is 0. The molecule has 64 valence electrons. The Morgan fingerprint density at radius 3 is 2.75 bits per heavy atom. The Bertz CT molecular complexity index is 316. The van der Waals surface area contributed by atoms with E-state index in [0.717, 1.165) is 0 Å². The van der Waals surface area contributed by atoms with Gasteiger partial charge in [-0.05, 0) is 9.91 Å². The van der Waals surface area contributed by atoms with Gasteiger partial charge < -0.3 is 10.1 Å². The number of nitrogens with zero attached hydrogens (tertiary/aromatic N) is 2. The summed E-state index contributed by atoms with van der Waals surface area (Å²) in [5.41, 5.74) is 0.635. The smallest absolute Gasteiger partial charge is 0.358 e. The van der Waals surface area contributed by atoms with Crippen molar-refractivity contribution in [1.29, 1.82) is 0 Å². The summed E-state index contributed by atoms with van der Waals surface area (Å²) in [6.07, 6.45) is 0. The average Bonchev–Trinajstić information content (AvgIpc) is 2.03. The number of hydrogen-bond acceptors (Lipinski definition) is 3. The Kier molecular flexibility index (Phi) is 3.16. The number of halogens is 2. The maximum atomic E-state index is 10.3. The molecule has 6 heteroatoms. The van der Waals surface area contributed by atoms with E-state index >= 15 is 0 Å². The molecule has 0 aromatic carbocycles. The summed E-state index contributed by atoms with van der Waals surface area (Å²) in [6, 6.07) is 3.09. The van der Waals surface area contributed by atoms with E-state index in [2.05, 4.69) is 36.8 Å². The fourth-order valence-electron chi connectivity index (χ4n) is 0.698. The van der Waals surface area contributed by atoms with Crippen LogP contribution in [0, 0.1) is 10.1 Å². The predicted octanol–water partition coefficient (Wildman–Crippen LogP) is 2.65. The highest BCUT2D eigenvalue weighted by Crippen LogP contribution is 2.18. The first-order valence-electron chi connectivity index (χ1n) is 3.00. The van der Waals surface area contributed by atoms with Crippen LogP contribution in [0.15, 0.2) is 16.6 Å². The molecule has 0 aliphatic heterocycles. The Balaban J connectivity index is 3.15. The Morgan fingerprint density at radius 2 is 2.25 bits per heavy atom. The molecular formula is C6H4Br2N2O2. The van der Waals surface area contributed by atoms with Gasteiger partial charge in [-0.15, -0.1) is 0 Å². The van der Waals surface area contributed by atoms with Crippen LogP contribution in [0.3, 0.4) is 0 Å². The van der Waals surface area contributed by atoms with Crippen LogP contribution in [0.5, 0.6) is 0 Å². The molecule has 0 saturated carbocycles. The van der Waals surface area contributed by atoms with E-state index < -0.39 is 4.92 Å². The monoisotopic (exact) mass is 294 g/mol. The third-order valence-electron chi connectivity index (χ3n) is 1.15. The van der Waals surface area contributed by atoms with E-state index in [1.807, 2.05) is 0 Å². The minimum Gasteiger partial charge on any atom is -0.358 e. The van der Waals surface area contributed by atoms with Crippen molar-refractivity contribution in [3.8, 4) is 0 Å². The number of hydrogen-bond donors (Lipinski definition) is 0. The summed E-state index contributed by atoms with van der Waals surface area (Å²) >= 11 is 6.33. The molecular weight excluding hydrogens is 292 g/mol. The molecule has 1 aromatic rings. The first-order valence-corrected chi connectivity index (χ1v) is 4.91. The molecule has 1 heterocycles. The van der Waals surface area contributed by atoms with Gasteiger partial charge in [-0.1, -0.05) is 31.9 Å². The van der Waals surface area contributed by atoms with Crippen LogP contribution in [0.4, 0.5) is 5.82 Å². The fraction of sp³-hybridized carbons (Fsp3) is 0.167. The fourth-order valence-corrected chi connectivity index (χ4v) is 1.45. The van der Waals surface area contributed by atoms with Crippen molar-refractivity contribution in [3.05, 3.63) is 32.4 Å². The Morgan fingerprint density at radius 1 is 1.58 bits per heavy atom. The van der Waals surface area contributed by atoms with Crippen molar-refractivity contribution in [3.63, 3.8) is 0 Å². The van der Waals surface area contributed by atoms with E-state index in [9.17, 15) is 10.1 Å². The first-order chi connectivity index (χ1) is 5.63. The summed E-state index contributed by atoms with van der Waals surface area (Å²) in [4.78, 5) is 13.6. The third kappa shape index (κ3) is 2.25. The minimum absolute atomic E-state index is 0.140. The second-order valence-electron chi connectivity index (χ2n) is 2.03. The maximum absolute atomic E-state index is 10.3. The minimum atomic E-state index is -0.517. The molecule has 0 aliphatic carbocycles. The Labute approximate surface area is 85.4 Å². The van der Waals surface area contributed by atoms with Gasteiger partial charge in [0, 0.05) is 10.5 Å². The van der Waals surface area contributed by atoms with E-state index in [4.69, 9.17) is 0 Å². The zero-order valence-electron chi connectivity index (χ0n) is 5.83. The highest BCUT2D eigenvalue weighted by Gasteiger charge is 2.10. The van der Waals surface area contributed by atoms with Gasteiger partial charge >= 0.3 is 5.82 Å². The molecule has 0 saturated heterocycles. The van der Waals surface area contributed by atoms with Crippen LogP contribution in [0.1, 0.15) is 5.69 Å². The number of rotatable bonds is 2. The van der Waals surface area contributed by atoms with E-state index in [-0.39, 0.29) is 5.82 Å². The first kappa shape index (κ1) is 9.60. The maximum Gasteiger partial charge on any atom is 0.364 e. The summed E-state index contributed by atoms with van der Waals surface area (Å²) in [5.74, 6) is -0.140. The topological polar surface area (TPSA) is 56.0 Å². The lowest BCUT2D eigenvalue weighted by molar-refractivity contribution is -0.389. The van der Waals surface area contributed by atoms with Gasteiger partial charge in [0.05, 0.1) is 11.4 Å². The van der Waals surface area contributed by atoms with Gasteiger partial charge in [0.25, 0.3) is 0 Å². The second-order valence-corrected chi connectivity index (χ2v) is 3.50. The molecule has 12 heavy (non-hydrogen) atoms. The normalized spacial score (nSPS) is 9.83. The van der Waals surface area contributed by atoms with Crippen LogP contribution in [-0.2, 0) is 5.33 Å². The van der Waals surface area contributed by atoms with E-state index in [0.29, 0.717) is 15.5 Å². The zero-order valence-corrected chi connectivity index (χ0v) is 9.00. The third-order valence-corrected chi connectivity index (χ3v) is 2.19. The standard InChI is InChI=1S/C6H4Br2N2O2/c7-3-5-1-4(8)2-6(9-5)10(11)12/h1-2H,3H2. The highest BCUT2D eigenvalue weighted by molar-refractivity contribution is 9.10. The van der Waals surface area contributed by atoms with Gasteiger partial charge in [-0.2, -0.15) is 0 Å². The van der Waals surface area contributed by atoms with Crippen molar-refractivity contribution >= 4 is 37.7 Å². The second kappa shape index (κ2) is 3.95. The molecule has 0 fully saturated rings. The van der Waals surface area contributed by atoms with Crippen LogP contribution >= 0.6 is 31.9 Å². The Hall–Kier alpha value is -0.490. The van der Waals surface area contributed by atoms with Gasteiger partial charge in [0.15, 0.2) is 5.69 Å². The van der Waals surface area contributed by atoms with Crippen molar-refractivity contribution in [2.45, 2.75) is 5.33 Å². The quantitative estimate of drug-likeness (QED) is 0.479. The van der Waals surface area contributed by atoms with Gasteiger partial charge in [-0.25, -0.2) is 0 Å². The average molecular weight is 296 g/mol. The zero-order chi connectivity index (χ0) is 9.14. The lowest BCUT2D eigenvalue weighted by atomic mass is 10.4. The molecule has 0 bridgehead atoms. The molecule has 0 radical (unpaired) electrons.